The molecule has 0 radical (unpaired) electrons. The number of aromatic nitrogens is 2. The third-order valence-corrected chi connectivity index (χ3v) is 2.88. The van der Waals surface area contributed by atoms with Crippen LogP contribution in [0.25, 0.3) is 0 Å². The Kier molecular flexibility index (Phi) is 3.23. The standard InChI is InChI=1S/C11H16N4O2/c1-7-9(10(16)17-2)5-13-11(14-7)15-4-3-8(12)6-15/h5,8H,3-4,6,12H2,1-2H3. The van der Waals surface area contributed by atoms with E-state index in [1.54, 1.807) is 6.92 Å². The van der Waals surface area contributed by atoms with E-state index in [4.69, 9.17) is 5.73 Å². The summed E-state index contributed by atoms with van der Waals surface area (Å²) in [5, 5.41) is 0. The van der Waals surface area contributed by atoms with Crippen molar-refractivity contribution in [3.05, 3.63) is 17.5 Å². The van der Waals surface area contributed by atoms with Crippen LogP contribution in [0.3, 0.4) is 0 Å². The fraction of sp³-hybridized carbons (Fsp3) is 0.545. The maximum atomic E-state index is 11.4. The van der Waals surface area contributed by atoms with Gasteiger partial charge in [0.2, 0.25) is 5.95 Å². The number of nitrogens with zero attached hydrogens (tertiary/aromatic N) is 3. The van der Waals surface area contributed by atoms with Crippen LogP contribution in [0.4, 0.5) is 5.95 Å². The first-order valence-corrected chi connectivity index (χ1v) is 5.54. The SMILES string of the molecule is COC(=O)c1cnc(N2CCC(N)C2)nc1C. The minimum Gasteiger partial charge on any atom is -0.465 e. The molecular formula is C11H16N4O2. The second-order valence-electron chi connectivity index (χ2n) is 4.16. The first-order valence-electron chi connectivity index (χ1n) is 5.54. The average Bonchev–Trinajstić information content (AvgIpc) is 2.75. The summed E-state index contributed by atoms with van der Waals surface area (Å²) in [7, 11) is 1.34. The number of hydrogen-bond donors (Lipinski definition) is 1. The van der Waals surface area contributed by atoms with Crippen LogP contribution in [0.5, 0.6) is 0 Å². The van der Waals surface area contributed by atoms with Crippen LogP contribution >= 0.6 is 0 Å². The van der Waals surface area contributed by atoms with Crippen LogP contribution in [-0.2, 0) is 4.74 Å². The van der Waals surface area contributed by atoms with Gasteiger partial charge in [-0.15, -0.1) is 0 Å². The molecule has 2 heterocycles. The lowest BCUT2D eigenvalue weighted by atomic mass is 10.2. The molecule has 1 aliphatic rings. The van der Waals surface area contributed by atoms with Crippen molar-refractivity contribution in [2.24, 2.45) is 5.73 Å². The molecule has 2 N–H and O–H groups in total. The first-order chi connectivity index (χ1) is 8.11. The molecule has 1 aliphatic heterocycles. The summed E-state index contributed by atoms with van der Waals surface area (Å²) in [4.78, 5) is 21.9. The van der Waals surface area contributed by atoms with Crippen molar-refractivity contribution in [1.82, 2.24) is 9.97 Å². The Labute approximate surface area is 99.8 Å². The van der Waals surface area contributed by atoms with Gasteiger partial charge in [-0.05, 0) is 13.3 Å². The highest BCUT2D eigenvalue weighted by atomic mass is 16.5. The van der Waals surface area contributed by atoms with E-state index < -0.39 is 5.97 Å². The van der Waals surface area contributed by atoms with Crippen LogP contribution < -0.4 is 10.6 Å². The smallest absolute Gasteiger partial charge is 0.341 e. The lowest BCUT2D eigenvalue weighted by Gasteiger charge is -2.16. The highest BCUT2D eigenvalue weighted by molar-refractivity contribution is 5.90. The Bertz CT molecular complexity index is 435. The zero-order valence-corrected chi connectivity index (χ0v) is 10.0. The molecule has 0 amide bonds. The van der Waals surface area contributed by atoms with Crippen molar-refractivity contribution in [2.75, 3.05) is 25.1 Å². The zero-order valence-electron chi connectivity index (χ0n) is 10.0. The predicted molar refractivity (Wildman–Crippen MR) is 62.9 cm³/mol. The van der Waals surface area contributed by atoms with E-state index >= 15 is 0 Å². The Balaban J connectivity index is 2.22. The topological polar surface area (TPSA) is 81.3 Å². The van der Waals surface area contributed by atoms with Crippen molar-refractivity contribution >= 4 is 11.9 Å². The Morgan fingerprint density at radius 1 is 1.65 bits per heavy atom. The van der Waals surface area contributed by atoms with Crippen molar-refractivity contribution in [2.45, 2.75) is 19.4 Å². The molecule has 0 spiro atoms. The lowest BCUT2D eigenvalue weighted by Crippen LogP contribution is -2.28. The number of methoxy groups -OCH3 is 1. The van der Waals surface area contributed by atoms with Crippen LogP contribution in [0.2, 0.25) is 0 Å². The summed E-state index contributed by atoms with van der Waals surface area (Å²) in [5.74, 6) is 0.218. The summed E-state index contributed by atoms with van der Waals surface area (Å²) in [5.41, 5.74) is 6.86. The average molecular weight is 236 g/mol. The Morgan fingerprint density at radius 2 is 2.41 bits per heavy atom. The van der Waals surface area contributed by atoms with Crippen molar-refractivity contribution < 1.29 is 9.53 Å². The second kappa shape index (κ2) is 4.67. The molecule has 0 saturated carbocycles. The van der Waals surface area contributed by atoms with E-state index in [0.29, 0.717) is 17.2 Å². The van der Waals surface area contributed by atoms with E-state index in [1.807, 2.05) is 4.90 Å². The first kappa shape index (κ1) is 11.8. The molecule has 2 rings (SSSR count). The number of carbonyl (C=O) groups is 1. The monoisotopic (exact) mass is 236 g/mol. The number of ether oxygens (including phenoxy) is 1. The molecule has 1 unspecified atom stereocenters. The van der Waals surface area contributed by atoms with E-state index in [9.17, 15) is 4.79 Å². The lowest BCUT2D eigenvalue weighted by molar-refractivity contribution is 0.0599. The molecule has 6 heteroatoms. The van der Waals surface area contributed by atoms with Gasteiger partial charge in [0, 0.05) is 25.3 Å². The molecule has 0 aromatic carbocycles. The molecule has 17 heavy (non-hydrogen) atoms. The molecule has 0 aliphatic carbocycles. The van der Waals surface area contributed by atoms with E-state index in [1.165, 1.54) is 13.3 Å². The minimum atomic E-state index is -0.410. The molecule has 6 nitrogen and oxygen atoms in total. The molecule has 92 valence electrons. The summed E-state index contributed by atoms with van der Waals surface area (Å²) in [6, 6.07) is 0.180. The highest BCUT2D eigenvalue weighted by Crippen LogP contribution is 2.16. The van der Waals surface area contributed by atoms with Gasteiger partial charge in [0.1, 0.15) is 0 Å². The van der Waals surface area contributed by atoms with Crippen LogP contribution in [-0.4, -0.2) is 42.2 Å². The van der Waals surface area contributed by atoms with Gasteiger partial charge in [0.15, 0.2) is 0 Å². The van der Waals surface area contributed by atoms with Gasteiger partial charge in [-0.25, -0.2) is 14.8 Å². The minimum absolute atomic E-state index is 0.180. The number of nitrogens with two attached hydrogens (primary N) is 1. The third kappa shape index (κ3) is 2.36. The molecule has 1 saturated heterocycles. The van der Waals surface area contributed by atoms with Crippen molar-refractivity contribution in [3.8, 4) is 0 Å². The molecular weight excluding hydrogens is 220 g/mol. The number of aryl methyl sites for hydroxylation is 1. The molecule has 1 aromatic rings. The number of anilines is 1. The van der Waals surface area contributed by atoms with Gasteiger partial charge in [-0.3, -0.25) is 0 Å². The van der Waals surface area contributed by atoms with Crippen LogP contribution in [0.15, 0.2) is 6.20 Å². The number of rotatable bonds is 2. The summed E-state index contributed by atoms with van der Waals surface area (Å²) in [6.07, 6.45) is 2.45. The van der Waals surface area contributed by atoms with Crippen molar-refractivity contribution in [1.29, 1.82) is 0 Å². The van der Waals surface area contributed by atoms with Gasteiger partial charge in [0.05, 0.1) is 18.4 Å². The van der Waals surface area contributed by atoms with Crippen LogP contribution in [0, 0.1) is 6.92 Å². The Hall–Kier alpha value is -1.69. The van der Waals surface area contributed by atoms with Gasteiger partial charge >= 0.3 is 5.97 Å². The summed E-state index contributed by atoms with van der Waals surface area (Å²) >= 11 is 0. The number of carbonyl (C=O) groups excluding carboxylic acids is 1. The zero-order chi connectivity index (χ0) is 12.4. The van der Waals surface area contributed by atoms with E-state index in [-0.39, 0.29) is 6.04 Å². The molecule has 1 fully saturated rings. The summed E-state index contributed by atoms with van der Waals surface area (Å²) in [6.45, 7) is 3.39. The Morgan fingerprint density at radius 3 is 2.94 bits per heavy atom. The van der Waals surface area contributed by atoms with Crippen LogP contribution in [0.1, 0.15) is 22.5 Å². The number of hydrogen-bond acceptors (Lipinski definition) is 6. The molecule has 0 bridgehead atoms. The van der Waals surface area contributed by atoms with E-state index in [0.717, 1.165) is 19.5 Å². The second-order valence-corrected chi connectivity index (χ2v) is 4.16. The molecule has 1 atom stereocenters. The largest absolute Gasteiger partial charge is 0.465 e. The quantitative estimate of drug-likeness (QED) is 0.734. The molecule has 1 aromatic heterocycles. The predicted octanol–water partition coefficient (Wildman–Crippen LogP) is 0.109. The van der Waals surface area contributed by atoms with Gasteiger partial charge in [0.25, 0.3) is 0 Å². The van der Waals surface area contributed by atoms with Gasteiger partial charge in [-0.2, -0.15) is 0 Å². The van der Waals surface area contributed by atoms with Gasteiger partial charge < -0.3 is 15.4 Å². The maximum absolute atomic E-state index is 11.4. The van der Waals surface area contributed by atoms with Crippen molar-refractivity contribution in [3.63, 3.8) is 0 Å². The fourth-order valence-electron chi connectivity index (χ4n) is 1.89. The maximum Gasteiger partial charge on any atom is 0.341 e. The third-order valence-electron chi connectivity index (χ3n) is 2.88. The van der Waals surface area contributed by atoms with Gasteiger partial charge in [-0.1, -0.05) is 0 Å². The van der Waals surface area contributed by atoms with E-state index in [2.05, 4.69) is 14.7 Å². The number of esters is 1. The fourth-order valence-corrected chi connectivity index (χ4v) is 1.89. The summed E-state index contributed by atoms with van der Waals surface area (Å²) < 4.78 is 4.65. The normalized spacial score (nSPS) is 19.5. The highest BCUT2D eigenvalue weighted by Gasteiger charge is 2.22.